The predicted molar refractivity (Wildman–Crippen MR) is 101 cm³/mol. The van der Waals surface area contributed by atoms with Gasteiger partial charge in [-0.3, -0.25) is 4.79 Å². The summed E-state index contributed by atoms with van der Waals surface area (Å²) in [6.07, 6.45) is 1.69. The van der Waals surface area contributed by atoms with Gasteiger partial charge in [0, 0.05) is 45.0 Å². The normalized spacial score (nSPS) is 15.4. The Labute approximate surface area is 162 Å². The van der Waals surface area contributed by atoms with E-state index in [0.29, 0.717) is 32.2 Å². The average Bonchev–Trinajstić information content (AvgIpc) is 2.68. The van der Waals surface area contributed by atoms with E-state index in [1.54, 1.807) is 6.20 Å². The minimum atomic E-state index is -3.57. The van der Waals surface area contributed by atoms with Crippen LogP contribution in [0.3, 0.4) is 0 Å². The molecule has 0 atom stereocenters. The Hall–Kier alpha value is -2.59. The number of rotatable bonds is 6. The molecule has 1 fully saturated rings. The van der Waals surface area contributed by atoms with Crippen LogP contribution in [0.25, 0.3) is 0 Å². The molecule has 1 saturated heterocycles. The Morgan fingerprint density at radius 1 is 1.11 bits per heavy atom. The maximum Gasteiger partial charge on any atom is 0.254 e. The highest BCUT2D eigenvalue weighted by atomic mass is 32.2. The van der Waals surface area contributed by atoms with Crippen LogP contribution in [0.1, 0.15) is 10.4 Å². The highest BCUT2D eigenvalue weighted by molar-refractivity contribution is 7.89. The van der Waals surface area contributed by atoms with E-state index in [1.807, 2.05) is 23.1 Å². The van der Waals surface area contributed by atoms with Crippen LogP contribution in [0.4, 0.5) is 14.6 Å². The summed E-state index contributed by atoms with van der Waals surface area (Å²) in [4.78, 5) is 18.2. The Morgan fingerprint density at radius 3 is 2.50 bits per heavy atom. The molecule has 1 aliphatic heterocycles. The summed E-state index contributed by atoms with van der Waals surface area (Å²) in [5.74, 6) is -2.07. The van der Waals surface area contributed by atoms with Crippen LogP contribution in [0.5, 0.6) is 0 Å². The van der Waals surface area contributed by atoms with Gasteiger partial charge in [0.2, 0.25) is 10.0 Å². The lowest BCUT2D eigenvalue weighted by atomic mass is 10.2. The van der Waals surface area contributed by atoms with Crippen molar-refractivity contribution in [3.63, 3.8) is 0 Å². The summed E-state index contributed by atoms with van der Waals surface area (Å²) in [6, 6.07) is 8.15. The van der Waals surface area contributed by atoms with Crippen molar-refractivity contribution in [3.8, 4) is 0 Å². The van der Waals surface area contributed by atoms with Gasteiger partial charge < -0.3 is 10.2 Å². The second-order valence-corrected chi connectivity index (χ2v) is 8.36. The molecule has 3 rings (SSSR count). The zero-order valence-corrected chi connectivity index (χ0v) is 15.8. The number of amides is 1. The van der Waals surface area contributed by atoms with Crippen LogP contribution in [0, 0.1) is 11.6 Å². The number of piperazine rings is 1. The number of sulfonamides is 1. The second-order valence-electron chi connectivity index (χ2n) is 6.27. The first-order chi connectivity index (χ1) is 13.4. The Balaban J connectivity index is 1.50. The van der Waals surface area contributed by atoms with Crippen LogP contribution >= 0.6 is 0 Å². The summed E-state index contributed by atoms with van der Waals surface area (Å²) in [5.41, 5.74) is -0.331. The van der Waals surface area contributed by atoms with Crippen molar-refractivity contribution in [2.45, 2.75) is 0 Å². The van der Waals surface area contributed by atoms with Crippen molar-refractivity contribution in [2.24, 2.45) is 0 Å². The first-order valence-corrected chi connectivity index (χ1v) is 10.3. The molecule has 0 spiro atoms. The Morgan fingerprint density at radius 2 is 1.86 bits per heavy atom. The third-order valence-corrected chi connectivity index (χ3v) is 6.30. The fourth-order valence-electron chi connectivity index (χ4n) is 2.93. The standard InChI is InChI=1S/C18H20F2N4O3S/c19-14-4-5-15(16(20)13-14)18(25)22-7-12-28(26,27)24-10-8-23(9-11-24)17-3-1-2-6-21-17/h1-6,13H,7-12H2,(H,22,25). The maximum absolute atomic E-state index is 13.6. The van der Waals surface area contributed by atoms with E-state index in [4.69, 9.17) is 0 Å². The van der Waals surface area contributed by atoms with Gasteiger partial charge in [0.15, 0.2) is 0 Å². The zero-order valence-electron chi connectivity index (χ0n) is 15.0. The summed E-state index contributed by atoms with van der Waals surface area (Å²) in [5, 5.41) is 2.36. The van der Waals surface area contributed by atoms with Crippen molar-refractivity contribution in [1.82, 2.24) is 14.6 Å². The van der Waals surface area contributed by atoms with E-state index in [9.17, 15) is 22.0 Å². The monoisotopic (exact) mass is 410 g/mol. The average molecular weight is 410 g/mol. The Kier molecular flexibility index (Phi) is 6.20. The van der Waals surface area contributed by atoms with E-state index in [2.05, 4.69) is 10.3 Å². The number of pyridine rings is 1. The molecule has 0 saturated carbocycles. The van der Waals surface area contributed by atoms with Crippen molar-refractivity contribution in [2.75, 3.05) is 43.4 Å². The fraction of sp³-hybridized carbons (Fsp3) is 0.333. The lowest BCUT2D eigenvalue weighted by Gasteiger charge is -2.34. The number of hydrogen-bond donors (Lipinski definition) is 1. The van der Waals surface area contributed by atoms with E-state index in [1.165, 1.54) is 4.31 Å². The molecule has 7 nitrogen and oxygen atoms in total. The predicted octanol–water partition coefficient (Wildman–Crippen LogP) is 1.24. The first kappa shape index (κ1) is 20.2. The van der Waals surface area contributed by atoms with Crippen molar-refractivity contribution < 1.29 is 22.0 Å². The molecule has 0 bridgehead atoms. The van der Waals surface area contributed by atoms with Gasteiger partial charge in [-0.15, -0.1) is 0 Å². The van der Waals surface area contributed by atoms with Crippen LogP contribution < -0.4 is 10.2 Å². The Bertz CT molecular complexity index is 933. The number of carbonyl (C=O) groups excluding carboxylic acids is 1. The molecule has 150 valence electrons. The van der Waals surface area contributed by atoms with E-state index < -0.39 is 27.6 Å². The number of hydrogen-bond acceptors (Lipinski definition) is 5. The molecule has 1 amide bonds. The summed E-state index contributed by atoms with van der Waals surface area (Å²) in [7, 11) is -3.57. The number of halogens is 2. The maximum atomic E-state index is 13.6. The fourth-order valence-corrected chi connectivity index (χ4v) is 4.27. The van der Waals surface area contributed by atoms with Gasteiger partial charge in [0.25, 0.3) is 5.91 Å². The number of nitrogens with one attached hydrogen (secondary N) is 1. The molecule has 1 N–H and O–H groups in total. The largest absolute Gasteiger partial charge is 0.354 e. The summed E-state index contributed by atoms with van der Waals surface area (Å²) in [6.45, 7) is 1.50. The molecule has 1 aliphatic rings. The highest BCUT2D eigenvalue weighted by Gasteiger charge is 2.27. The topological polar surface area (TPSA) is 82.6 Å². The smallest absolute Gasteiger partial charge is 0.254 e. The van der Waals surface area contributed by atoms with Gasteiger partial charge in [0.05, 0.1) is 11.3 Å². The van der Waals surface area contributed by atoms with Gasteiger partial charge in [-0.05, 0) is 24.3 Å². The van der Waals surface area contributed by atoms with Crippen LogP contribution in [0.15, 0.2) is 42.6 Å². The lowest BCUT2D eigenvalue weighted by Crippen LogP contribution is -2.50. The molecule has 28 heavy (non-hydrogen) atoms. The molecule has 10 heteroatoms. The third kappa shape index (κ3) is 4.82. The van der Waals surface area contributed by atoms with E-state index >= 15 is 0 Å². The van der Waals surface area contributed by atoms with Crippen molar-refractivity contribution >= 4 is 21.7 Å². The third-order valence-electron chi connectivity index (χ3n) is 4.43. The van der Waals surface area contributed by atoms with Crippen molar-refractivity contribution in [3.05, 3.63) is 59.8 Å². The first-order valence-electron chi connectivity index (χ1n) is 8.74. The number of anilines is 1. The summed E-state index contributed by atoms with van der Waals surface area (Å²) < 4.78 is 52.8. The van der Waals surface area contributed by atoms with Crippen LogP contribution in [-0.2, 0) is 10.0 Å². The quantitative estimate of drug-likeness (QED) is 0.775. The minimum Gasteiger partial charge on any atom is -0.354 e. The minimum absolute atomic E-state index is 0.168. The molecule has 2 heterocycles. The van der Waals surface area contributed by atoms with Gasteiger partial charge in [0.1, 0.15) is 17.5 Å². The summed E-state index contributed by atoms with van der Waals surface area (Å²) >= 11 is 0. The lowest BCUT2D eigenvalue weighted by molar-refractivity contribution is 0.0952. The second kappa shape index (κ2) is 8.61. The molecule has 2 aromatic rings. The SMILES string of the molecule is O=C(NCCS(=O)(=O)N1CCN(c2ccccn2)CC1)c1ccc(F)cc1F. The molecular formula is C18H20F2N4O3S. The number of aromatic nitrogens is 1. The molecular weight excluding hydrogens is 390 g/mol. The molecule has 0 radical (unpaired) electrons. The van der Waals surface area contributed by atoms with Gasteiger partial charge in [-0.1, -0.05) is 6.07 Å². The molecule has 0 unspecified atom stereocenters. The molecule has 1 aromatic heterocycles. The molecule has 0 aliphatic carbocycles. The molecule has 1 aromatic carbocycles. The highest BCUT2D eigenvalue weighted by Crippen LogP contribution is 2.15. The van der Waals surface area contributed by atoms with Crippen LogP contribution in [-0.4, -0.2) is 62.1 Å². The number of carbonyl (C=O) groups is 1. The van der Waals surface area contributed by atoms with E-state index in [0.717, 1.165) is 18.0 Å². The van der Waals surface area contributed by atoms with Crippen LogP contribution in [0.2, 0.25) is 0 Å². The van der Waals surface area contributed by atoms with Gasteiger partial charge >= 0.3 is 0 Å². The van der Waals surface area contributed by atoms with Gasteiger partial charge in [-0.2, -0.15) is 4.31 Å². The van der Waals surface area contributed by atoms with E-state index in [-0.39, 0.29) is 17.9 Å². The number of nitrogens with zero attached hydrogens (tertiary/aromatic N) is 3. The zero-order chi connectivity index (χ0) is 20.1. The van der Waals surface area contributed by atoms with Crippen molar-refractivity contribution in [1.29, 1.82) is 0 Å². The van der Waals surface area contributed by atoms with Gasteiger partial charge in [-0.25, -0.2) is 22.2 Å². The number of benzene rings is 1.